The molecular weight excluding hydrogens is 334 g/mol. The minimum atomic E-state index is -0.0685. The van der Waals surface area contributed by atoms with E-state index in [9.17, 15) is 9.90 Å². The van der Waals surface area contributed by atoms with Crippen LogP contribution in [0.25, 0.3) is 5.65 Å². The van der Waals surface area contributed by atoms with Crippen LogP contribution in [0.5, 0.6) is 17.2 Å². The topological polar surface area (TPSA) is 85.1 Å². The third-order valence-electron chi connectivity index (χ3n) is 4.07. The number of ether oxygens (including phenoxy) is 2. The number of aromatic nitrogens is 2. The molecule has 0 aliphatic rings. The van der Waals surface area contributed by atoms with Crippen molar-refractivity contribution < 1.29 is 19.4 Å². The summed E-state index contributed by atoms with van der Waals surface area (Å²) >= 11 is 0. The van der Waals surface area contributed by atoms with Crippen LogP contribution < -0.4 is 14.8 Å². The van der Waals surface area contributed by atoms with Gasteiger partial charge in [0.25, 0.3) is 0 Å². The molecule has 0 bridgehead atoms. The van der Waals surface area contributed by atoms with E-state index in [1.54, 1.807) is 43.1 Å². The van der Waals surface area contributed by atoms with Crippen LogP contribution in [0, 0.1) is 0 Å². The van der Waals surface area contributed by atoms with Crippen molar-refractivity contribution >= 4 is 11.6 Å². The van der Waals surface area contributed by atoms with Crippen LogP contribution >= 0.6 is 0 Å². The van der Waals surface area contributed by atoms with Crippen molar-refractivity contribution in [1.82, 2.24) is 14.7 Å². The number of hydrogen-bond donors (Lipinski definition) is 2. The van der Waals surface area contributed by atoms with Crippen molar-refractivity contribution in [2.75, 3.05) is 14.2 Å². The van der Waals surface area contributed by atoms with E-state index in [0.717, 1.165) is 5.56 Å². The molecule has 1 amide bonds. The zero-order chi connectivity index (χ0) is 18.5. The largest absolute Gasteiger partial charge is 0.504 e. The minimum absolute atomic E-state index is 0.0685. The average molecular weight is 355 g/mol. The quantitative estimate of drug-likeness (QED) is 0.679. The highest BCUT2D eigenvalue weighted by molar-refractivity contribution is 5.76. The van der Waals surface area contributed by atoms with E-state index in [-0.39, 0.29) is 11.7 Å². The summed E-state index contributed by atoms with van der Waals surface area (Å²) in [5.41, 5.74) is 2.16. The Morgan fingerprint density at radius 2 is 2.04 bits per heavy atom. The molecule has 3 aromatic rings. The molecular formula is C19H21N3O4. The number of rotatable bonds is 7. The van der Waals surface area contributed by atoms with Crippen molar-refractivity contribution in [3.05, 3.63) is 54.0 Å². The van der Waals surface area contributed by atoms with Gasteiger partial charge < -0.3 is 24.3 Å². The van der Waals surface area contributed by atoms with Crippen LogP contribution in [-0.2, 0) is 17.8 Å². The predicted octanol–water partition coefficient (Wildman–Crippen LogP) is 2.31. The van der Waals surface area contributed by atoms with Gasteiger partial charge in [-0.1, -0.05) is 6.07 Å². The summed E-state index contributed by atoms with van der Waals surface area (Å²) in [6.45, 7) is 0.311. The van der Waals surface area contributed by atoms with E-state index in [1.165, 1.54) is 0 Å². The fourth-order valence-electron chi connectivity index (χ4n) is 2.71. The molecule has 2 aromatic heterocycles. The molecule has 0 spiro atoms. The molecule has 26 heavy (non-hydrogen) atoms. The molecule has 0 fully saturated rings. The van der Waals surface area contributed by atoms with Gasteiger partial charge in [0.2, 0.25) is 5.91 Å². The third-order valence-corrected chi connectivity index (χ3v) is 4.07. The van der Waals surface area contributed by atoms with Crippen LogP contribution in [0.2, 0.25) is 0 Å². The van der Waals surface area contributed by atoms with Crippen molar-refractivity contribution in [2.45, 2.75) is 19.4 Å². The second-order valence-corrected chi connectivity index (χ2v) is 5.82. The zero-order valence-corrected chi connectivity index (χ0v) is 14.7. The molecule has 2 N–H and O–H groups in total. The van der Waals surface area contributed by atoms with E-state index in [2.05, 4.69) is 10.3 Å². The monoisotopic (exact) mass is 355 g/mol. The molecule has 2 heterocycles. The Hall–Kier alpha value is -3.22. The van der Waals surface area contributed by atoms with Crippen molar-refractivity contribution in [3.8, 4) is 17.2 Å². The van der Waals surface area contributed by atoms with Crippen LogP contribution in [0.3, 0.4) is 0 Å². The van der Waals surface area contributed by atoms with Gasteiger partial charge in [-0.05, 0) is 36.2 Å². The lowest BCUT2D eigenvalue weighted by atomic mass is 10.1. The third kappa shape index (κ3) is 3.88. The summed E-state index contributed by atoms with van der Waals surface area (Å²) in [6.07, 6.45) is 4.53. The van der Waals surface area contributed by atoms with Crippen LogP contribution in [-0.4, -0.2) is 34.6 Å². The van der Waals surface area contributed by atoms with Crippen LogP contribution in [0.15, 0.2) is 42.7 Å². The number of aromatic hydroxyl groups is 1. The van der Waals surface area contributed by atoms with Gasteiger partial charge in [-0.25, -0.2) is 4.98 Å². The predicted molar refractivity (Wildman–Crippen MR) is 96.6 cm³/mol. The highest BCUT2D eigenvalue weighted by Crippen LogP contribution is 2.27. The molecule has 7 heteroatoms. The molecule has 1 aromatic carbocycles. The number of methoxy groups -OCH3 is 2. The lowest BCUT2D eigenvalue weighted by molar-refractivity contribution is -0.121. The van der Waals surface area contributed by atoms with Gasteiger partial charge in [0, 0.05) is 18.8 Å². The number of amides is 1. The molecule has 0 atom stereocenters. The van der Waals surface area contributed by atoms with Gasteiger partial charge in [0.05, 0.1) is 26.5 Å². The second kappa shape index (κ2) is 7.77. The summed E-state index contributed by atoms with van der Waals surface area (Å²) in [7, 11) is 3.17. The first kappa shape index (κ1) is 17.6. The molecule has 0 saturated heterocycles. The van der Waals surface area contributed by atoms with Gasteiger partial charge in [-0.2, -0.15) is 0 Å². The second-order valence-electron chi connectivity index (χ2n) is 5.82. The number of nitrogens with zero attached hydrogens (tertiary/aromatic N) is 2. The number of hydrogen-bond acceptors (Lipinski definition) is 5. The molecule has 136 valence electrons. The SMILES string of the molecule is COc1ccc(CCC(=O)NCc2cn3cccc(O)c3n2)cc1OC. The first-order valence-corrected chi connectivity index (χ1v) is 8.24. The average Bonchev–Trinajstić information content (AvgIpc) is 3.09. The van der Waals surface area contributed by atoms with E-state index in [0.29, 0.717) is 42.2 Å². The van der Waals surface area contributed by atoms with Gasteiger partial charge >= 0.3 is 0 Å². The first-order valence-electron chi connectivity index (χ1n) is 8.24. The molecule has 3 rings (SSSR count). The maximum absolute atomic E-state index is 12.1. The number of nitrogens with one attached hydrogen (secondary N) is 1. The van der Waals surface area contributed by atoms with E-state index >= 15 is 0 Å². The fourth-order valence-corrected chi connectivity index (χ4v) is 2.71. The molecule has 0 radical (unpaired) electrons. The Morgan fingerprint density at radius 3 is 2.77 bits per heavy atom. The highest BCUT2D eigenvalue weighted by Gasteiger charge is 2.09. The molecule has 0 aliphatic heterocycles. The lowest BCUT2D eigenvalue weighted by Crippen LogP contribution is -2.23. The van der Waals surface area contributed by atoms with Gasteiger partial charge in [-0.3, -0.25) is 4.79 Å². The Bertz CT molecular complexity index is 920. The Labute approximate surface area is 151 Å². The highest BCUT2D eigenvalue weighted by atomic mass is 16.5. The minimum Gasteiger partial charge on any atom is -0.504 e. The smallest absolute Gasteiger partial charge is 0.220 e. The summed E-state index contributed by atoms with van der Waals surface area (Å²) in [6, 6.07) is 8.93. The van der Waals surface area contributed by atoms with Crippen molar-refractivity contribution in [1.29, 1.82) is 0 Å². The van der Waals surface area contributed by atoms with E-state index in [4.69, 9.17) is 9.47 Å². The van der Waals surface area contributed by atoms with Gasteiger partial charge in [-0.15, -0.1) is 0 Å². The number of fused-ring (bicyclic) bond motifs is 1. The van der Waals surface area contributed by atoms with E-state index < -0.39 is 0 Å². The van der Waals surface area contributed by atoms with Crippen molar-refractivity contribution in [2.24, 2.45) is 0 Å². The molecule has 0 unspecified atom stereocenters. The van der Waals surface area contributed by atoms with Crippen molar-refractivity contribution in [3.63, 3.8) is 0 Å². The maximum Gasteiger partial charge on any atom is 0.220 e. The summed E-state index contributed by atoms with van der Waals surface area (Å²) in [5.74, 6) is 1.35. The number of carbonyl (C=O) groups excluding carboxylic acids is 1. The van der Waals surface area contributed by atoms with Crippen LogP contribution in [0.1, 0.15) is 17.7 Å². The van der Waals surface area contributed by atoms with Gasteiger partial charge in [0.15, 0.2) is 22.9 Å². The number of aryl methyl sites for hydroxylation is 1. The summed E-state index contributed by atoms with van der Waals surface area (Å²) < 4.78 is 12.2. The van der Waals surface area contributed by atoms with Gasteiger partial charge in [0.1, 0.15) is 0 Å². The Kier molecular flexibility index (Phi) is 5.26. The van der Waals surface area contributed by atoms with Crippen LogP contribution in [0.4, 0.5) is 0 Å². The normalized spacial score (nSPS) is 10.7. The fraction of sp³-hybridized carbons (Fsp3) is 0.263. The molecule has 0 aliphatic carbocycles. The number of benzene rings is 1. The molecule has 7 nitrogen and oxygen atoms in total. The summed E-state index contributed by atoms with van der Waals surface area (Å²) in [4.78, 5) is 16.4. The number of imidazole rings is 1. The summed E-state index contributed by atoms with van der Waals surface area (Å²) in [5, 5.41) is 12.6. The maximum atomic E-state index is 12.1. The van der Waals surface area contributed by atoms with E-state index in [1.807, 2.05) is 18.2 Å². The number of pyridine rings is 1. The zero-order valence-electron chi connectivity index (χ0n) is 14.7. The standard InChI is InChI=1S/C19H21N3O4/c1-25-16-7-5-13(10-17(16)26-2)6-8-18(24)20-11-14-12-22-9-3-4-15(23)19(22)21-14/h3-5,7,9-10,12,23H,6,8,11H2,1-2H3,(H,20,24). The number of carbonyl (C=O) groups is 1. The first-order chi connectivity index (χ1) is 12.6. The lowest BCUT2D eigenvalue weighted by Gasteiger charge is -2.09. The molecule has 0 saturated carbocycles. The Balaban J connectivity index is 1.54. The Morgan fingerprint density at radius 1 is 1.23 bits per heavy atom.